The molecule has 1 aliphatic rings. The van der Waals surface area contributed by atoms with E-state index in [9.17, 15) is 4.79 Å². The van der Waals surface area contributed by atoms with Gasteiger partial charge < -0.3 is 14.8 Å². The van der Waals surface area contributed by atoms with E-state index < -0.39 is 0 Å². The highest BCUT2D eigenvalue weighted by Gasteiger charge is 2.22. The van der Waals surface area contributed by atoms with E-state index in [-0.39, 0.29) is 12.0 Å². The van der Waals surface area contributed by atoms with Crippen molar-refractivity contribution in [1.29, 1.82) is 0 Å². The van der Waals surface area contributed by atoms with Crippen LogP contribution in [0.15, 0.2) is 24.3 Å². The van der Waals surface area contributed by atoms with Gasteiger partial charge in [0.1, 0.15) is 18.5 Å². The average Bonchev–Trinajstić information content (AvgIpc) is 3.12. The molecule has 1 aliphatic heterocycles. The SMILES string of the molecule is CCC(=O)Nc1ccc(OCC2CO2)cc1. The summed E-state index contributed by atoms with van der Waals surface area (Å²) in [6.45, 7) is 3.22. The van der Waals surface area contributed by atoms with Crippen LogP contribution in [0.1, 0.15) is 13.3 Å². The topological polar surface area (TPSA) is 50.9 Å². The number of nitrogens with one attached hydrogen (secondary N) is 1. The second-order valence-corrected chi connectivity index (χ2v) is 3.69. The standard InChI is InChI=1S/C12H15NO3/c1-2-12(14)13-9-3-5-10(6-4-9)15-7-11-8-16-11/h3-6,11H,2,7-8H2,1H3,(H,13,14). The molecule has 1 aromatic carbocycles. The molecule has 4 nitrogen and oxygen atoms in total. The van der Waals surface area contributed by atoms with Crippen LogP contribution in [0.2, 0.25) is 0 Å². The summed E-state index contributed by atoms with van der Waals surface area (Å²) >= 11 is 0. The maximum atomic E-state index is 11.1. The van der Waals surface area contributed by atoms with E-state index in [1.807, 2.05) is 31.2 Å². The molecular weight excluding hydrogens is 206 g/mol. The predicted octanol–water partition coefficient (Wildman–Crippen LogP) is 1.81. The van der Waals surface area contributed by atoms with Gasteiger partial charge in [-0.2, -0.15) is 0 Å². The lowest BCUT2D eigenvalue weighted by atomic mass is 10.3. The van der Waals surface area contributed by atoms with Crippen molar-refractivity contribution in [1.82, 2.24) is 0 Å². The van der Waals surface area contributed by atoms with E-state index in [0.29, 0.717) is 13.0 Å². The summed E-state index contributed by atoms with van der Waals surface area (Å²) in [5, 5.41) is 2.78. The number of carbonyl (C=O) groups is 1. The molecule has 86 valence electrons. The highest BCUT2D eigenvalue weighted by atomic mass is 16.6. The van der Waals surface area contributed by atoms with Crippen molar-refractivity contribution in [2.45, 2.75) is 19.4 Å². The largest absolute Gasteiger partial charge is 0.491 e. The van der Waals surface area contributed by atoms with Crippen LogP contribution in [-0.4, -0.2) is 25.2 Å². The first-order valence-corrected chi connectivity index (χ1v) is 5.42. The lowest BCUT2D eigenvalue weighted by molar-refractivity contribution is -0.115. The maximum Gasteiger partial charge on any atom is 0.224 e. The lowest BCUT2D eigenvalue weighted by Gasteiger charge is -2.06. The minimum absolute atomic E-state index is 0.0139. The number of ether oxygens (including phenoxy) is 2. The molecule has 1 aromatic rings. The molecule has 0 spiro atoms. The Morgan fingerprint density at radius 3 is 2.75 bits per heavy atom. The Hall–Kier alpha value is -1.55. The highest BCUT2D eigenvalue weighted by Crippen LogP contribution is 2.18. The zero-order valence-corrected chi connectivity index (χ0v) is 9.23. The summed E-state index contributed by atoms with van der Waals surface area (Å²) < 4.78 is 10.5. The van der Waals surface area contributed by atoms with Gasteiger partial charge in [-0.25, -0.2) is 0 Å². The number of hydrogen-bond donors (Lipinski definition) is 1. The normalized spacial score (nSPS) is 17.9. The molecule has 1 N–H and O–H groups in total. The van der Waals surface area contributed by atoms with Crippen molar-refractivity contribution in [3.8, 4) is 5.75 Å². The van der Waals surface area contributed by atoms with Gasteiger partial charge >= 0.3 is 0 Å². The lowest BCUT2D eigenvalue weighted by Crippen LogP contribution is -2.09. The Balaban J connectivity index is 1.85. The average molecular weight is 221 g/mol. The van der Waals surface area contributed by atoms with E-state index >= 15 is 0 Å². The quantitative estimate of drug-likeness (QED) is 0.771. The van der Waals surface area contributed by atoms with Crippen LogP contribution < -0.4 is 10.1 Å². The predicted molar refractivity (Wildman–Crippen MR) is 60.6 cm³/mol. The van der Waals surface area contributed by atoms with E-state index in [1.54, 1.807) is 0 Å². The second kappa shape index (κ2) is 4.99. The first-order valence-electron chi connectivity index (χ1n) is 5.42. The summed E-state index contributed by atoms with van der Waals surface area (Å²) in [5.74, 6) is 0.810. The third-order valence-corrected chi connectivity index (χ3v) is 2.30. The zero-order chi connectivity index (χ0) is 11.4. The van der Waals surface area contributed by atoms with Crippen molar-refractivity contribution >= 4 is 11.6 Å². The maximum absolute atomic E-state index is 11.1. The molecule has 0 aliphatic carbocycles. The van der Waals surface area contributed by atoms with Crippen LogP contribution in [-0.2, 0) is 9.53 Å². The van der Waals surface area contributed by atoms with Gasteiger partial charge in [-0.15, -0.1) is 0 Å². The van der Waals surface area contributed by atoms with Crippen LogP contribution in [0, 0.1) is 0 Å². The molecule has 1 unspecified atom stereocenters. The summed E-state index contributed by atoms with van der Waals surface area (Å²) in [7, 11) is 0. The molecule has 16 heavy (non-hydrogen) atoms. The molecule has 1 saturated heterocycles. The van der Waals surface area contributed by atoms with E-state index in [1.165, 1.54) is 0 Å². The van der Waals surface area contributed by atoms with E-state index in [0.717, 1.165) is 18.0 Å². The molecule has 1 heterocycles. The number of anilines is 1. The Morgan fingerprint density at radius 1 is 1.50 bits per heavy atom. The minimum Gasteiger partial charge on any atom is -0.491 e. The summed E-state index contributed by atoms with van der Waals surface area (Å²) in [4.78, 5) is 11.1. The number of rotatable bonds is 5. The molecule has 0 radical (unpaired) electrons. The van der Waals surface area contributed by atoms with E-state index in [4.69, 9.17) is 9.47 Å². The van der Waals surface area contributed by atoms with Gasteiger partial charge in [-0.05, 0) is 24.3 Å². The van der Waals surface area contributed by atoms with Crippen molar-refractivity contribution < 1.29 is 14.3 Å². The fourth-order valence-electron chi connectivity index (χ4n) is 1.24. The van der Waals surface area contributed by atoms with Crippen molar-refractivity contribution in [2.24, 2.45) is 0 Å². The third kappa shape index (κ3) is 3.24. The zero-order valence-electron chi connectivity index (χ0n) is 9.23. The highest BCUT2D eigenvalue weighted by molar-refractivity contribution is 5.90. The van der Waals surface area contributed by atoms with Gasteiger partial charge in [-0.1, -0.05) is 6.92 Å². The number of amides is 1. The molecule has 4 heteroatoms. The molecule has 2 rings (SSSR count). The van der Waals surface area contributed by atoms with Gasteiger partial charge in [0.2, 0.25) is 5.91 Å². The number of carbonyl (C=O) groups excluding carboxylic acids is 1. The van der Waals surface area contributed by atoms with Gasteiger partial charge in [0, 0.05) is 12.1 Å². The van der Waals surface area contributed by atoms with Crippen LogP contribution >= 0.6 is 0 Å². The van der Waals surface area contributed by atoms with Crippen molar-refractivity contribution in [3.63, 3.8) is 0 Å². The molecule has 0 saturated carbocycles. The number of benzene rings is 1. The summed E-state index contributed by atoms with van der Waals surface area (Å²) in [5.41, 5.74) is 0.793. The Kier molecular flexibility index (Phi) is 3.41. The fraction of sp³-hybridized carbons (Fsp3) is 0.417. The molecule has 1 amide bonds. The monoisotopic (exact) mass is 221 g/mol. The summed E-state index contributed by atoms with van der Waals surface area (Å²) in [6.07, 6.45) is 0.747. The van der Waals surface area contributed by atoms with Gasteiger partial charge in [-0.3, -0.25) is 4.79 Å². The molecule has 1 fully saturated rings. The van der Waals surface area contributed by atoms with Crippen molar-refractivity contribution in [3.05, 3.63) is 24.3 Å². The fourth-order valence-corrected chi connectivity index (χ4v) is 1.24. The van der Waals surface area contributed by atoms with Crippen LogP contribution in [0.4, 0.5) is 5.69 Å². The third-order valence-electron chi connectivity index (χ3n) is 2.30. The van der Waals surface area contributed by atoms with E-state index in [2.05, 4.69) is 5.32 Å². The molecule has 1 atom stereocenters. The molecule has 0 bridgehead atoms. The first-order chi connectivity index (χ1) is 7.78. The van der Waals surface area contributed by atoms with Crippen LogP contribution in [0.5, 0.6) is 5.75 Å². The van der Waals surface area contributed by atoms with Crippen LogP contribution in [0.3, 0.4) is 0 Å². The number of hydrogen-bond acceptors (Lipinski definition) is 3. The van der Waals surface area contributed by atoms with Crippen molar-refractivity contribution in [2.75, 3.05) is 18.5 Å². The Labute approximate surface area is 94.6 Å². The number of epoxide rings is 1. The Morgan fingerprint density at radius 2 is 2.19 bits per heavy atom. The minimum atomic E-state index is 0.0139. The smallest absolute Gasteiger partial charge is 0.224 e. The molecular formula is C12H15NO3. The first kappa shape index (κ1) is 11.0. The van der Waals surface area contributed by atoms with Gasteiger partial charge in [0.05, 0.1) is 6.61 Å². The molecule has 0 aromatic heterocycles. The Bertz CT molecular complexity index is 357. The van der Waals surface area contributed by atoms with Crippen LogP contribution in [0.25, 0.3) is 0 Å². The summed E-state index contributed by atoms with van der Waals surface area (Å²) in [6, 6.07) is 7.34. The van der Waals surface area contributed by atoms with Gasteiger partial charge in [0.15, 0.2) is 0 Å². The van der Waals surface area contributed by atoms with Gasteiger partial charge in [0.25, 0.3) is 0 Å². The second-order valence-electron chi connectivity index (χ2n) is 3.69.